The molecule has 2 fully saturated rings. The molecule has 2 aliphatic heterocycles. The molecule has 7 nitrogen and oxygen atoms in total. The number of morpholine rings is 1. The summed E-state index contributed by atoms with van der Waals surface area (Å²) in [5.74, 6) is -0.0448. The van der Waals surface area contributed by atoms with Crippen molar-refractivity contribution >= 4 is 15.8 Å². The van der Waals surface area contributed by atoms with Gasteiger partial charge < -0.3 is 10.1 Å². The smallest absolute Gasteiger partial charge is 0.243 e. The fourth-order valence-electron chi connectivity index (χ4n) is 4.65. The first-order valence-electron chi connectivity index (χ1n) is 12.2. The molecular weight excluding hydrogens is 450 g/mol. The molecule has 1 N–H and O–H groups in total. The number of carbonyl (C=O) groups is 1. The van der Waals surface area contributed by atoms with Gasteiger partial charge in [-0.15, -0.1) is 0 Å². The van der Waals surface area contributed by atoms with Gasteiger partial charge >= 0.3 is 0 Å². The molecule has 0 spiro atoms. The number of nitrogens with zero attached hydrogens (tertiary/aromatic N) is 2. The van der Waals surface area contributed by atoms with Gasteiger partial charge in [0.05, 0.1) is 24.7 Å². The molecule has 4 rings (SSSR count). The zero-order valence-corrected chi connectivity index (χ0v) is 20.7. The standard InChI is InChI=1S/C26H35N3O4S/c1-21-5-7-22(8-6-21)25(28-13-3-2-4-14-28)19-27-20-26(30)23-9-11-24(12-10-23)34(31,32)29-15-17-33-18-16-29/h5-12,25,27H,2-4,13-20H2,1H3. The maximum atomic E-state index is 12.8. The van der Waals surface area contributed by atoms with Gasteiger partial charge in [-0.2, -0.15) is 4.31 Å². The van der Waals surface area contributed by atoms with Crippen LogP contribution in [0.1, 0.15) is 46.8 Å². The molecule has 8 heteroatoms. The summed E-state index contributed by atoms with van der Waals surface area (Å²) in [6.07, 6.45) is 3.70. The van der Waals surface area contributed by atoms with Crippen molar-refractivity contribution in [3.63, 3.8) is 0 Å². The number of hydrogen-bond donors (Lipinski definition) is 1. The van der Waals surface area contributed by atoms with Crippen LogP contribution in [0.25, 0.3) is 0 Å². The van der Waals surface area contributed by atoms with Gasteiger partial charge in [0.1, 0.15) is 0 Å². The number of rotatable bonds is 9. The molecule has 1 atom stereocenters. The van der Waals surface area contributed by atoms with Crippen molar-refractivity contribution in [3.05, 3.63) is 65.2 Å². The van der Waals surface area contributed by atoms with Gasteiger partial charge in [0, 0.05) is 31.2 Å². The number of ether oxygens (including phenoxy) is 1. The van der Waals surface area contributed by atoms with E-state index < -0.39 is 10.0 Å². The second-order valence-electron chi connectivity index (χ2n) is 9.12. The maximum absolute atomic E-state index is 12.8. The highest BCUT2D eigenvalue weighted by molar-refractivity contribution is 7.89. The lowest BCUT2D eigenvalue weighted by Crippen LogP contribution is -2.40. The monoisotopic (exact) mass is 485 g/mol. The number of Topliss-reactive ketones (excluding diaryl/α,β-unsaturated/α-hetero) is 1. The summed E-state index contributed by atoms with van der Waals surface area (Å²) < 4.78 is 32.3. The van der Waals surface area contributed by atoms with Crippen LogP contribution in [0.4, 0.5) is 0 Å². The SMILES string of the molecule is Cc1ccc(C(CNCC(=O)c2ccc(S(=O)(=O)N3CCOCC3)cc2)N2CCCCC2)cc1. The lowest BCUT2D eigenvalue weighted by molar-refractivity contribution is 0.0730. The van der Waals surface area contributed by atoms with E-state index in [0.29, 0.717) is 38.4 Å². The first kappa shape index (κ1) is 25.0. The highest BCUT2D eigenvalue weighted by Crippen LogP contribution is 2.24. The molecule has 0 radical (unpaired) electrons. The Morgan fingerprint density at radius 2 is 1.59 bits per heavy atom. The summed E-state index contributed by atoms with van der Waals surface area (Å²) >= 11 is 0. The Hall–Kier alpha value is -2.10. The van der Waals surface area contributed by atoms with Gasteiger partial charge in [-0.3, -0.25) is 9.69 Å². The van der Waals surface area contributed by atoms with Gasteiger partial charge in [0.2, 0.25) is 10.0 Å². The predicted molar refractivity (Wildman–Crippen MR) is 133 cm³/mol. The third-order valence-corrected chi connectivity index (χ3v) is 8.61. The van der Waals surface area contributed by atoms with Crippen LogP contribution in [0.5, 0.6) is 0 Å². The largest absolute Gasteiger partial charge is 0.379 e. The van der Waals surface area contributed by atoms with Crippen LogP contribution in [0.3, 0.4) is 0 Å². The minimum atomic E-state index is -3.56. The molecule has 0 amide bonds. The summed E-state index contributed by atoms with van der Waals surface area (Å²) in [5.41, 5.74) is 3.02. The summed E-state index contributed by atoms with van der Waals surface area (Å²) in [7, 11) is -3.56. The lowest BCUT2D eigenvalue weighted by Gasteiger charge is -2.35. The van der Waals surface area contributed by atoms with Crippen LogP contribution in [0, 0.1) is 6.92 Å². The molecule has 184 valence electrons. The minimum Gasteiger partial charge on any atom is -0.379 e. The van der Waals surface area contributed by atoms with Crippen molar-refractivity contribution in [3.8, 4) is 0 Å². The Morgan fingerprint density at radius 3 is 2.24 bits per heavy atom. The van der Waals surface area contributed by atoms with E-state index in [-0.39, 0.29) is 23.3 Å². The molecule has 2 aromatic carbocycles. The van der Waals surface area contributed by atoms with E-state index in [1.54, 1.807) is 12.1 Å². The van der Waals surface area contributed by atoms with Crippen LogP contribution in [-0.4, -0.2) is 75.9 Å². The van der Waals surface area contributed by atoms with Crippen LogP contribution < -0.4 is 5.32 Å². The average molecular weight is 486 g/mol. The molecule has 1 unspecified atom stereocenters. The van der Waals surface area contributed by atoms with Gasteiger partial charge in [-0.05, 0) is 50.6 Å². The van der Waals surface area contributed by atoms with E-state index >= 15 is 0 Å². The molecule has 0 aliphatic carbocycles. The van der Waals surface area contributed by atoms with Crippen molar-refractivity contribution in [1.82, 2.24) is 14.5 Å². The number of likely N-dealkylation sites (tertiary alicyclic amines) is 1. The second kappa shape index (κ2) is 11.6. The number of piperidine rings is 1. The first-order valence-corrected chi connectivity index (χ1v) is 13.6. The zero-order chi connectivity index (χ0) is 24.0. The van der Waals surface area contributed by atoms with Crippen molar-refractivity contribution in [2.45, 2.75) is 37.1 Å². The van der Waals surface area contributed by atoms with E-state index in [1.807, 2.05) is 0 Å². The maximum Gasteiger partial charge on any atom is 0.243 e. The number of carbonyl (C=O) groups excluding carboxylic acids is 1. The van der Waals surface area contributed by atoms with Gasteiger partial charge in [-0.25, -0.2) is 8.42 Å². The lowest BCUT2D eigenvalue weighted by atomic mass is 10.0. The summed E-state index contributed by atoms with van der Waals surface area (Å²) in [6.45, 7) is 6.67. The molecule has 0 aromatic heterocycles. The van der Waals surface area contributed by atoms with Crippen LogP contribution in [0.2, 0.25) is 0 Å². The van der Waals surface area contributed by atoms with Crippen LogP contribution >= 0.6 is 0 Å². The van der Waals surface area contributed by atoms with Crippen LogP contribution in [0.15, 0.2) is 53.4 Å². The summed E-state index contributed by atoms with van der Waals surface area (Å²) in [4.78, 5) is 15.5. The van der Waals surface area contributed by atoms with Crippen molar-refractivity contribution in [2.24, 2.45) is 0 Å². The van der Waals surface area contributed by atoms with E-state index in [0.717, 1.165) is 13.1 Å². The molecule has 0 saturated carbocycles. The number of aryl methyl sites for hydroxylation is 1. The summed E-state index contributed by atoms with van der Waals surface area (Å²) in [5, 5.41) is 3.36. The molecule has 2 heterocycles. The van der Waals surface area contributed by atoms with E-state index in [2.05, 4.69) is 41.4 Å². The number of ketones is 1. The summed E-state index contributed by atoms with van der Waals surface area (Å²) in [6, 6.07) is 15.2. The molecule has 0 bridgehead atoms. The number of nitrogens with one attached hydrogen (secondary N) is 1. The Morgan fingerprint density at radius 1 is 0.941 bits per heavy atom. The van der Waals surface area contributed by atoms with E-state index in [4.69, 9.17) is 4.74 Å². The molecule has 2 saturated heterocycles. The predicted octanol–water partition coefficient (Wildman–Crippen LogP) is 3.02. The fourth-order valence-corrected chi connectivity index (χ4v) is 6.06. The second-order valence-corrected chi connectivity index (χ2v) is 11.1. The molecule has 2 aliphatic rings. The number of hydrogen-bond acceptors (Lipinski definition) is 6. The van der Waals surface area contributed by atoms with E-state index in [9.17, 15) is 13.2 Å². The normalized spacial score (nSPS) is 19.1. The molecular formula is C26H35N3O4S. The highest BCUT2D eigenvalue weighted by atomic mass is 32.2. The Kier molecular flexibility index (Phi) is 8.50. The zero-order valence-electron chi connectivity index (χ0n) is 19.9. The highest BCUT2D eigenvalue weighted by Gasteiger charge is 2.26. The first-order chi connectivity index (χ1) is 16.4. The van der Waals surface area contributed by atoms with Crippen LogP contribution in [-0.2, 0) is 14.8 Å². The quantitative estimate of drug-likeness (QED) is 0.550. The van der Waals surface area contributed by atoms with Gasteiger partial charge in [0.25, 0.3) is 0 Å². The number of benzene rings is 2. The Balaban J connectivity index is 1.36. The molecule has 2 aromatic rings. The third kappa shape index (κ3) is 6.12. The average Bonchev–Trinajstić information content (AvgIpc) is 2.88. The Bertz CT molecular complexity index is 1040. The van der Waals surface area contributed by atoms with Crippen molar-refractivity contribution in [2.75, 3.05) is 52.5 Å². The number of sulfonamides is 1. The van der Waals surface area contributed by atoms with E-state index in [1.165, 1.54) is 46.8 Å². The third-order valence-electron chi connectivity index (χ3n) is 6.70. The topological polar surface area (TPSA) is 79.0 Å². The van der Waals surface area contributed by atoms with Gasteiger partial charge in [-0.1, -0.05) is 48.4 Å². The molecule has 34 heavy (non-hydrogen) atoms. The van der Waals surface area contributed by atoms with Crippen molar-refractivity contribution < 1.29 is 17.9 Å². The fraction of sp³-hybridized carbons (Fsp3) is 0.500. The van der Waals surface area contributed by atoms with Gasteiger partial charge in [0.15, 0.2) is 5.78 Å². The van der Waals surface area contributed by atoms with Crippen molar-refractivity contribution in [1.29, 1.82) is 0 Å². The Labute approximate surface area is 203 Å². The minimum absolute atomic E-state index is 0.0448.